The molecule has 1 heterocycles. The van der Waals surface area contributed by atoms with Gasteiger partial charge in [0.1, 0.15) is 0 Å². The Bertz CT molecular complexity index is 825. The first kappa shape index (κ1) is 14.2. The molecule has 3 aromatic rings. The Kier molecular flexibility index (Phi) is 2.95. The van der Waals surface area contributed by atoms with Crippen LogP contribution in [0.5, 0.6) is 0 Å². The molecule has 0 aliphatic heterocycles. The van der Waals surface area contributed by atoms with Gasteiger partial charge in [-0.25, -0.2) is 0 Å². The van der Waals surface area contributed by atoms with Crippen molar-refractivity contribution in [1.82, 2.24) is 0 Å². The number of rotatable bonds is 0. The van der Waals surface area contributed by atoms with Gasteiger partial charge in [-0.3, -0.25) is 0 Å². The minimum Gasteiger partial charge on any atom is -0.166 e. The lowest BCUT2D eigenvalue weighted by Crippen LogP contribution is -2.16. The first-order valence-corrected chi connectivity index (χ1v) is 6.60. The van der Waals surface area contributed by atoms with Crippen molar-refractivity contribution in [1.29, 1.82) is 0 Å². The van der Waals surface area contributed by atoms with E-state index >= 15 is 0 Å². The van der Waals surface area contributed by atoms with Crippen LogP contribution in [0, 0.1) is 0 Å². The van der Waals surface area contributed by atoms with Crippen LogP contribution in [-0.2, 0) is 12.4 Å². The minimum atomic E-state index is -5.08. The van der Waals surface area contributed by atoms with E-state index in [1.54, 1.807) is 12.1 Å². The van der Waals surface area contributed by atoms with Crippen molar-refractivity contribution in [3.8, 4) is 0 Å². The van der Waals surface area contributed by atoms with Crippen molar-refractivity contribution in [3.05, 3.63) is 47.5 Å². The molecule has 2 aromatic carbocycles. The van der Waals surface area contributed by atoms with Gasteiger partial charge in [-0.2, -0.15) is 26.3 Å². The number of hydrogen-bond acceptors (Lipinski definition) is 1. The average molecular weight is 320 g/mol. The second-order valence-corrected chi connectivity index (χ2v) is 5.54. The highest BCUT2D eigenvalue weighted by Crippen LogP contribution is 2.47. The molecule has 7 heteroatoms. The molecule has 0 aliphatic carbocycles. The molecule has 0 saturated heterocycles. The van der Waals surface area contributed by atoms with E-state index in [4.69, 9.17) is 0 Å². The lowest BCUT2D eigenvalue weighted by atomic mass is 10.00. The number of alkyl halides is 6. The maximum absolute atomic E-state index is 13.2. The molecule has 110 valence electrons. The van der Waals surface area contributed by atoms with E-state index in [0.717, 1.165) is 17.4 Å². The molecule has 0 N–H and O–H groups in total. The first-order chi connectivity index (χ1) is 9.69. The molecule has 0 saturated carbocycles. The molecule has 0 radical (unpaired) electrons. The summed E-state index contributed by atoms with van der Waals surface area (Å²) < 4.78 is 79.1. The third-order valence-electron chi connectivity index (χ3n) is 3.13. The van der Waals surface area contributed by atoms with Crippen LogP contribution in [0.25, 0.3) is 20.2 Å². The number of hydrogen-bond donors (Lipinski definition) is 0. The lowest BCUT2D eigenvalue weighted by Gasteiger charge is -2.16. The maximum Gasteiger partial charge on any atom is 0.417 e. The highest BCUT2D eigenvalue weighted by Gasteiger charge is 2.44. The van der Waals surface area contributed by atoms with Crippen molar-refractivity contribution in [2.75, 3.05) is 0 Å². The van der Waals surface area contributed by atoms with Crippen LogP contribution in [0.1, 0.15) is 11.1 Å². The van der Waals surface area contributed by atoms with Crippen LogP contribution in [0.3, 0.4) is 0 Å². The fourth-order valence-corrected chi connectivity index (χ4v) is 3.46. The molecule has 21 heavy (non-hydrogen) atoms. The zero-order chi connectivity index (χ0) is 15.4. The van der Waals surface area contributed by atoms with Crippen LogP contribution < -0.4 is 0 Å². The Morgan fingerprint density at radius 1 is 0.714 bits per heavy atom. The fraction of sp³-hybridized carbons (Fsp3) is 0.143. The highest BCUT2D eigenvalue weighted by atomic mass is 32.1. The van der Waals surface area contributed by atoms with Gasteiger partial charge in [0.25, 0.3) is 0 Å². The smallest absolute Gasteiger partial charge is 0.166 e. The fourth-order valence-electron chi connectivity index (χ4n) is 2.35. The quantitative estimate of drug-likeness (QED) is 0.440. The summed E-state index contributed by atoms with van der Waals surface area (Å²) in [5, 5.41) is -0.186. The monoisotopic (exact) mass is 320 g/mol. The van der Waals surface area contributed by atoms with Crippen molar-refractivity contribution in [2.45, 2.75) is 12.4 Å². The molecular formula is C14H6F6S. The van der Waals surface area contributed by atoms with Gasteiger partial charge in [0, 0.05) is 20.2 Å². The van der Waals surface area contributed by atoms with E-state index in [1.165, 1.54) is 12.1 Å². The lowest BCUT2D eigenvalue weighted by molar-refractivity contribution is -0.161. The van der Waals surface area contributed by atoms with Gasteiger partial charge in [-0.05, 0) is 18.2 Å². The molecule has 0 spiro atoms. The summed E-state index contributed by atoms with van der Waals surface area (Å²) in [4.78, 5) is 0. The van der Waals surface area contributed by atoms with Crippen LogP contribution in [-0.4, -0.2) is 0 Å². The first-order valence-electron chi connectivity index (χ1n) is 5.78. The number of benzene rings is 2. The molecule has 3 rings (SSSR count). The van der Waals surface area contributed by atoms with Crippen molar-refractivity contribution >= 4 is 31.5 Å². The molecule has 0 aliphatic rings. The van der Waals surface area contributed by atoms with Crippen molar-refractivity contribution in [2.24, 2.45) is 0 Å². The third-order valence-corrected chi connectivity index (χ3v) is 4.27. The molecule has 0 fully saturated rings. The molecule has 1 aromatic heterocycles. The van der Waals surface area contributed by atoms with Crippen molar-refractivity contribution in [3.63, 3.8) is 0 Å². The predicted octanol–water partition coefficient (Wildman–Crippen LogP) is 6.09. The van der Waals surface area contributed by atoms with Crippen LogP contribution >= 0.6 is 11.3 Å². The topological polar surface area (TPSA) is 0 Å². The van der Waals surface area contributed by atoms with Gasteiger partial charge in [0.2, 0.25) is 0 Å². The van der Waals surface area contributed by atoms with Crippen LogP contribution in [0.4, 0.5) is 26.3 Å². The summed E-state index contributed by atoms with van der Waals surface area (Å²) in [5.74, 6) is 0. The van der Waals surface area contributed by atoms with E-state index < -0.39 is 23.5 Å². The Labute approximate surface area is 118 Å². The number of halogens is 6. The summed E-state index contributed by atoms with van der Waals surface area (Å²) in [6.07, 6.45) is -10.1. The summed E-state index contributed by atoms with van der Waals surface area (Å²) in [7, 11) is 0. The standard InChI is InChI=1S/C14H6F6S/c15-13(16,17)8-5-6-10-11(12(8)14(18,19)20)7-3-1-2-4-9(7)21-10/h1-6H. The number of thiophene rings is 1. The summed E-state index contributed by atoms with van der Waals surface area (Å²) in [6, 6.07) is 7.74. The van der Waals surface area contributed by atoms with Gasteiger partial charge in [0.15, 0.2) is 0 Å². The Hall–Kier alpha value is -1.76. The van der Waals surface area contributed by atoms with Gasteiger partial charge in [0.05, 0.1) is 11.1 Å². The Morgan fingerprint density at radius 3 is 2.00 bits per heavy atom. The summed E-state index contributed by atoms with van der Waals surface area (Å²) in [5.41, 5.74) is -3.25. The minimum absolute atomic E-state index is 0.191. The van der Waals surface area contributed by atoms with E-state index in [1.807, 2.05) is 0 Å². The summed E-state index contributed by atoms with van der Waals surface area (Å²) in [6.45, 7) is 0. The molecule has 0 unspecified atom stereocenters. The predicted molar refractivity (Wildman–Crippen MR) is 69.3 cm³/mol. The molecule has 0 nitrogen and oxygen atoms in total. The van der Waals surface area contributed by atoms with Crippen molar-refractivity contribution < 1.29 is 26.3 Å². The largest absolute Gasteiger partial charge is 0.417 e. The van der Waals surface area contributed by atoms with Gasteiger partial charge >= 0.3 is 12.4 Å². The number of fused-ring (bicyclic) bond motifs is 3. The van der Waals surface area contributed by atoms with E-state index in [0.29, 0.717) is 10.8 Å². The van der Waals surface area contributed by atoms with Crippen LogP contribution in [0.15, 0.2) is 36.4 Å². The zero-order valence-corrected chi connectivity index (χ0v) is 11.0. The van der Waals surface area contributed by atoms with Crippen LogP contribution in [0.2, 0.25) is 0 Å². The average Bonchev–Trinajstić information content (AvgIpc) is 2.73. The third kappa shape index (κ3) is 2.25. The summed E-state index contributed by atoms with van der Waals surface area (Å²) >= 11 is 1.04. The Morgan fingerprint density at radius 2 is 1.38 bits per heavy atom. The van der Waals surface area contributed by atoms with E-state index in [-0.39, 0.29) is 15.5 Å². The highest BCUT2D eigenvalue weighted by molar-refractivity contribution is 7.25. The van der Waals surface area contributed by atoms with E-state index in [2.05, 4.69) is 0 Å². The molecular weight excluding hydrogens is 314 g/mol. The second kappa shape index (κ2) is 4.37. The van der Waals surface area contributed by atoms with Gasteiger partial charge in [-0.1, -0.05) is 18.2 Å². The maximum atomic E-state index is 13.2. The molecule has 0 amide bonds. The van der Waals surface area contributed by atoms with Gasteiger partial charge in [-0.15, -0.1) is 11.3 Å². The van der Waals surface area contributed by atoms with E-state index in [9.17, 15) is 26.3 Å². The normalized spacial score (nSPS) is 13.2. The molecule has 0 bridgehead atoms. The Balaban J connectivity index is 2.55. The molecule has 0 atom stereocenters. The van der Waals surface area contributed by atoms with Gasteiger partial charge < -0.3 is 0 Å². The zero-order valence-electron chi connectivity index (χ0n) is 10.1. The second-order valence-electron chi connectivity index (χ2n) is 4.45. The SMILES string of the molecule is FC(F)(F)c1ccc2sc3ccccc3c2c1C(F)(F)F.